The molecule has 1 aromatic carbocycles. The summed E-state index contributed by atoms with van der Waals surface area (Å²) in [5.74, 6) is -4.38. The van der Waals surface area contributed by atoms with Gasteiger partial charge in [-0.3, -0.25) is 4.79 Å². The molecule has 0 aliphatic rings. The molecule has 1 atom stereocenters. The zero-order chi connectivity index (χ0) is 12.3. The highest BCUT2D eigenvalue weighted by Crippen LogP contribution is 2.31. The summed E-state index contributed by atoms with van der Waals surface area (Å²) in [5, 5.41) is 46.8. The highest BCUT2D eigenvalue weighted by atomic mass is 16.4. The number of nitriles is 1. The van der Waals surface area contributed by atoms with Crippen LogP contribution in [0.5, 0.6) is 17.2 Å². The van der Waals surface area contributed by atoms with E-state index < -0.39 is 35.6 Å². The SMILES string of the molecule is N#CC(Cc1c([O-])cc(O)cc1O)C(=O)O. The molecular weight excluding hydrogens is 214 g/mol. The van der Waals surface area contributed by atoms with Crippen LogP contribution in [-0.4, -0.2) is 21.3 Å². The van der Waals surface area contributed by atoms with E-state index in [9.17, 15) is 15.0 Å². The standard InChI is InChI=1S/C10H9NO5/c11-4-5(10(15)16)1-7-8(13)2-6(12)3-9(7)14/h2-3,5,12-14H,1H2,(H,15,16)/p-1. The molecule has 6 heteroatoms. The molecule has 84 valence electrons. The van der Waals surface area contributed by atoms with Gasteiger partial charge in [0.15, 0.2) is 0 Å². The highest BCUT2D eigenvalue weighted by molar-refractivity contribution is 5.73. The molecule has 0 aromatic heterocycles. The third kappa shape index (κ3) is 2.33. The number of hydrogen-bond acceptors (Lipinski definition) is 5. The Labute approximate surface area is 90.6 Å². The predicted molar refractivity (Wildman–Crippen MR) is 49.7 cm³/mol. The van der Waals surface area contributed by atoms with Gasteiger partial charge >= 0.3 is 5.97 Å². The van der Waals surface area contributed by atoms with Gasteiger partial charge in [0.2, 0.25) is 0 Å². The number of carboxylic acids is 1. The van der Waals surface area contributed by atoms with Crippen molar-refractivity contribution in [2.75, 3.05) is 0 Å². The van der Waals surface area contributed by atoms with Crippen LogP contribution >= 0.6 is 0 Å². The van der Waals surface area contributed by atoms with Crippen molar-refractivity contribution in [1.29, 1.82) is 5.26 Å². The maximum Gasteiger partial charge on any atom is 0.321 e. The Morgan fingerprint density at radius 3 is 2.56 bits per heavy atom. The number of carboxylic acid groups (broad SMARTS) is 1. The van der Waals surface area contributed by atoms with Crippen LogP contribution in [0.1, 0.15) is 5.56 Å². The third-order valence-corrected chi connectivity index (χ3v) is 2.03. The van der Waals surface area contributed by atoms with Gasteiger partial charge in [-0.15, -0.1) is 0 Å². The monoisotopic (exact) mass is 222 g/mol. The maximum atomic E-state index is 11.3. The van der Waals surface area contributed by atoms with E-state index in [4.69, 9.17) is 15.5 Å². The number of hydrogen-bond donors (Lipinski definition) is 3. The molecule has 1 rings (SSSR count). The van der Waals surface area contributed by atoms with Gasteiger partial charge in [0.1, 0.15) is 17.4 Å². The first kappa shape index (κ1) is 11.7. The van der Waals surface area contributed by atoms with E-state index in [0.29, 0.717) is 0 Å². The van der Waals surface area contributed by atoms with Crippen molar-refractivity contribution in [2.24, 2.45) is 5.92 Å². The van der Waals surface area contributed by atoms with Gasteiger partial charge in [0.25, 0.3) is 0 Å². The summed E-state index contributed by atoms with van der Waals surface area (Å²) in [7, 11) is 0. The number of carbonyl (C=O) groups is 1. The van der Waals surface area contributed by atoms with Crippen LogP contribution in [0.4, 0.5) is 0 Å². The first-order valence-corrected chi connectivity index (χ1v) is 4.30. The molecule has 3 N–H and O–H groups in total. The van der Waals surface area contributed by atoms with E-state index in [1.165, 1.54) is 6.07 Å². The average Bonchev–Trinajstić information content (AvgIpc) is 2.15. The zero-order valence-corrected chi connectivity index (χ0v) is 8.04. The van der Waals surface area contributed by atoms with Crippen LogP contribution in [-0.2, 0) is 11.2 Å². The van der Waals surface area contributed by atoms with Crippen molar-refractivity contribution in [1.82, 2.24) is 0 Å². The predicted octanol–water partition coefficient (Wildman–Crippen LogP) is -0.0617. The van der Waals surface area contributed by atoms with Crippen LogP contribution in [0.15, 0.2) is 12.1 Å². The van der Waals surface area contributed by atoms with E-state index in [0.717, 1.165) is 12.1 Å². The Morgan fingerprint density at radius 2 is 2.12 bits per heavy atom. The molecule has 0 bridgehead atoms. The average molecular weight is 222 g/mol. The van der Waals surface area contributed by atoms with Crippen molar-refractivity contribution in [3.05, 3.63) is 17.7 Å². The van der Waals surface area contributed by atoms with E-state index in [2.05, 4.69) is 0 Å². The fourth-order valence-corrected chi connectivity index (χ4v) is 1.21. The minimum Gasteiger partial charge on any atom is -0.872 e. The van der Waals surface area contributed by atoms with Crippen LogP contribution in [0.3, 0.4) is 0 Å². The summed E-state index contributed by atoms with van der Waals surface area (Å²) in [5.41, 5.74) is -0.188. The molecule has 1 aromatic rings. The van der Waals surface area contributed by atoms with Crippen LogP contribution in [0, 0.1) is 17.2 Å². The largest absolute Gasteiger partial charge is 0.872 e. The van der Waals surface area contributed by atoms with Gasteiger partial charge in [-0.05, 0) is 11.6 Å². The molecule has 0 saturated heterocycles. The topological polar surface area (TPSA) is 125 Å². The van der Waals surface area contributed by atoms with Gasteiger partial charge in [-0.1, -0.05) is 5.75 Å². The Morgan fingerprint density at radius 1 is 1.50 bits per heavy atom. The molecule has 6 nitrogen and oxygen atoms in total. The van der Waals surface area contributed by atoms with Crippen LogP contribution < -0.4 is 5.11 Å². The second kappa shape index (κ2) is 4.40. The van der Waals surface area contributed by atoms with Gasteiger partial charge in [0.05, 0.1) is 6.07 Å². The summed E-state index contributed by atoms with van der Waals surface area (Å²) in [6.07, 6.45) is -0.392. The lowest BCUT2D eigenvalue weighted by Gasteiger charge is -2.16. The van der Waals surface area contributed by atoms with Crippen molar-refractivity contribution >= 4 is 5.97 Å². The van der Waals surface area contributed by atoms with Gasteiger partial charge in [-0.2, -0.15) is 5.26 Å². The lowest BCUT2D eigenvalue weighted by molar-refractivity contribution is -0.269. The number of rotatable bonds is 3. The molecule has 16 heavy (non-hydrogen) atoms. The normalized spacial score (nSPS) is 11.7. The molecular formula is C10H8NO5-. The summed E-state index contributed by atoms with van der Waals surface area (Å²) in [4.78, 5) is 10.6. The Balaban J connectivity index is 3.07. The Hall–Kier alpha value is -2.42. The van der Waals surface area contributed by atoms with Crippen LogP contribution in [0.25, 0.3) is 0 Å². The maximum absolute atomic E-state index is 11.3. The molecule has 0 aliphatic heterocycles. The summed E-state index contributed by atoms with van der Waals surface area (Å²) in [6, 6.07) is 3.28. The quantitative estimate of drug-likeness (QED) is 0.657. The number of phenols is 2. The van der Waals surface area contributed by atoms with Gasteiger partial charge in [0, 0.05) is 12.5 Å². The number of nitrogens with zero attached hydrogens (tertiary/aromatic N) is 1. The first-order chi connectivity index (χ1) is 7.45. The van der Waals surface area contributed by atoms with Crippen molar-refractivity contribution in [2.45, 2.75) is 6.42 Å². The zero-order valence-electron chi connectivity index (χ0n) is 8.04. The van der Waals surface area contributed by atoms with E-state index >= 15 is 0 Å². The van der Waals surface area contributed by atoms with E-state index in [1.807, 2.05) is 0 Å². The summed E-state index contributed by atoms with van der Waals surface area (Å²) in [6.45, 7) is 0. The number of aromatic hydroxyl groups is 2. The highest BCUT2D eigenvalue weighted by Gasteiger charge is 2.19. The molecule has 0 amide bonds. The molecule has 0 spiro atoms. The van der Waals surface area contributed by atoms with Crippen molar-refractivity contribution in [3.8, 4) is 23.3 Å². The van der Waals surface area contributed by atoms with E-state index in [-0.39, 0.29) is 5.56 Å². The molecule has 1 unspecified atom stereocenters. The smallest absolute Gasteiger partial charge is 0.321 e. The fourth-order valence-electron chi connectivity index (χ4n) is 1.21. The second-order valence-corrected chi connectivity index (χ2v) is 3.17. The second-order valence-electron chi connectivity index (χ2n) is 3.17. The Kier molecular flexibility index (Phi) is 3.20. The third-order valence-electron chi connectivity index (χ3n) is 2.03. The van der Waals surface area contributed by atoms with E-state index in [1.54, 1.807) is 0 Å². The molecule has 0 fully saturated rings. The number of benzene rings is 1. The minimum atomic E-state index is -1.40. The first-order valence-electron chi connectivity index (χ1n) is 4.30. The van der Waals surface area contributed by atoms with Gasteiger partial charge in [-0.25, -0.2) is 0 Å². The Bertz CT molecular complexity index is 440. The lowest BCUT2D eigenvalue weighted by atomic mass is 9.99. The summed E-state index contributed by atoms with van der Waals surface area (Å²) < 4.78 is 0. The van der Waals surface area contributed by atoms with Gasteiger partial charge < -0.3 is 20.4 Å². The van der Waals surface area contributed by atoms with Crippen LogP contribution in [0.2, 0.25) is 0 Å². The molecule has 0 saturated carbocycles. The minimum absolute atomic E-state index is 0.188. The molecule has 0 aliphatic carbocycles. The molecule has 0 heterocycles. The number of phenolic OH excluding ortho intramolecular Hbond substituents is 2. The fraction of sp³-hybridized carbons (Fsp3) is 0.200. The van der Waals surface area contributed by atoms with Crippen molar-refractivity contribution < 1.29 is 25.2 Å². The lowest BCUT2D eigenvalue weighted by Crippen LogP contribution is -2.15. The van der Waals surface area contributed by atoms with Crippen molar-refractivity contribution in [3.63, 3.8) is 0 Å². The molecule has 0 radical (unpaired) electrons. The summed E-state index contributed by atoms with van der Waals surface area (Å²) >= 11 is 0. The number of aliphatic carboxylic acids is 1.